The number of nitrogens with one attached hydrogen (secondary N) is 3. The van der Waals surface area contributed by atoms with Gasteiger partial charge in [0.1, 0.15) is 17.8 Å². The first-order chi connectivity index (χ1) is 17.1. The quantitative estimate of drug-likeness (QED) is 0.236. The summed E-state index contributed by atoms with van der Waals surface area (Å²) in [5, 5.41) is 26.5. The number of carbonyl (C=O) groups is 4. The lowest BCUT2D eigenvalue weighted by atomic mass is 9.97. The number of benzene rings is 2. The van der Waals surface area contributed by atoms with E-state index >= 15 is 0 Å². The van der Waals surface area contributed by atoms with Crippen molar-refractivity contribution < 1.29 is 29.4 Å². The minimum absolute atomic E-state index is 0.0953. The van der Waals surface area contributed by atoms with Gasteiger partial charge in [0, 0.05) is 6.42 Å². The molecule has 4 atom stereocenters. The van der Waals surface area contributed by atoms with Crippen LogP contribution in [-0.2, 0) is 32.0 Å². The number of carboxylic acids is 1. The van der Waals surface area contributed by atoms with E-state index in [1.165, 1.54) is 12.1 Å². The zero-order valence-electron chi connectivity index (χ0n) is 20.4. The SMILES string of the molecule is CCC(C)C(NC(=O)CNC(=O)C(N)Cc1ccc(O)cc1)C(=O)NC(Cc1ccccc1)C(=O)O. The molecule has 0 saturated carbocycles. The zero-order chi connectivity index (χ0) is 26.7. The van der Waals surface area contributed by atoms with Gasteiger partial charge in [-0.15, -0.1) is 0 Å². The molecule has 0 aliphatic carbocycles. The molecule has 4 unspecified atom stereocenters. The van der Waals surface area contributed by atoms with Crippen molar-refractivity contribution in [3.05, 3.63) is 65.7 Å². The number of aromatic hydroxyl groups is 1. The van der Waals surface area contributed by atoms with E-state index in [2.05, 4.69) is 16.0 Å². The first kappa shape index (κ1) is 28.3. The van der Waals surface area contributed by atoms with Gasteiger partial charge in [0.15, 0.2) is 0 Å². The van der Waals surface area contributed by atoms with E-state index in [1.54, 1.807) is 43.3 Å². The summed E-state index contributed by atoms with van der Waals surface area (Å²) in [7, 11) is 0. The Morgan fingerprint density at radius 3 is 2.08 bits per heavy atom. The van der Waals surface area contributed by atoms with Gasteiger partial charge in [0.2, 0.25) is 17.7 Å². The number of nitrogens with two attached hydrogens (primary N) is 1. The third-order valence-corrected chi connectivity index (χ3v) is 5.86. The second kappa shape index (κ2) is 13.8. The van der Waals surface area contributed by atoms with Crippen LogP contribution in [0.3, 0.4) is 0 Å². The molecule has 0 aliphatic rings. The predicted octanol–water partition coefficient (Wildman–Crippen LogP) is 0.721. The molecule has 0 fully saturated rings. The van der Waals surface area contributed by atoms with E-state index in [9.17, 15) is 29.4 Å². The Labute approximate surface area is 210 Å². The summed E-state index contributed by atoms with van der Waals surface area (Å²) < 4.78 is 0. The van der Waals surface area contributed by atoms with Gasteiger partial charge < -0.3 is 31.9 Å². The van der Waals surface area contributed by atoms with Gasteiger partial charge in [0.25, 0.3) is 0 Å². The van der Waals surface area contributed by atoms with Crippen LogP contribution < -0.4 is 21.7 Å². The van der Waals surface area contributed by atoms with Gasteiger partial charge in [-0.1, -0.05) is 62.7 Å². The van der Waals surface area contributed by atoms with Crippen molar-refractivity contribution in [1.82, 2.24) is 16.0 Å². The number of hydrogen-bond acceptors (Lipinski definition) is 6. The monoisotopic (exact) mass is 498 g/mol. The van der Waals surface area contributed by atoms with E-state index in [0.717, 1.165) is 11.1 Å². The first-order valence-corrected chi connectivity index (χ1v) is 11.8. The van der Waals surface area contributed by atoms with Crippen LogP contribution in [0, 0.1) is 5.92 Å². The Morgan fingerprint density at radius 2 is 1.50 bits per heavy atom. The van der Waals surface area contributed by atoms with Gasteiger partial charge in [-0.3, -0.25) is 14.4 Å². The Bertz CT molecular complexity index is 1030. The van der Waals surface area contributed by atoms with Gasteiger partial charge in [0.05, 0.1) is 12.6 Å². The van der Waals surface area contributed by atoms with Crippen LogP contribution in [0.15, 0.2) is 54.6 Å². The van der Waals surface area contributed by atoms with Crippen molar-refractivity contribution in [2.75, 3.05) is 6.54 Å². The summed E-state index contributed by atoms with van der Waals surface area (Å²) in [6, 6.07) is 12.1. The average molecular weight is 499 g/mol. The minimum Gasteiger partial charge on any atom is -0.508 e. The summed E-state index contributed by atoms with van der Waals surface area (Å²) in [4.78, 5) is 49.5. The molecule has 2 aromatic carbocycles. The van der Waals surface area contributed by atoms with E-state index in [1.807, 2.05) is 13.0 Å². The van der Waals surface area contributed by atoms with Crippen LogP contribution in [0.2, 0.25) is 0 Å². The van der Waals surface area contributed by atoms with Crippen molar-refractivity contribution in [3.63, 3.8) is 0 Å². The standard InChI is InChI=1S/C26H34N4O6/c1-3-16(2)23(25(34)29-21(26(35)36)14-17-7-5-4-6-8-17)30-22(32)15-28-24(33)20(27)13-18-9-11-19(31)12-10-18/h4-12,16,20-21,23,31H,3,13-15,27H2,1-2H3,(H,28,33)(H,29,34)(H,30,32)(H,35,36). The number of aliphatic carboxylic acids is 1. The Hall–Kier alpha value is -3.92. The fraction of sp³-hybridized carbons (Fsp3) is 0.385. The number of phenols is 1. The topological polar surface area (TPSA) is 171 Å². The van der Waals surface area contributed by atoms with Crippen LogP contribution in [0.1, 0.15) is 31.4 Å². The van der Waals surface area contributed by atoms with Gasteiger partial charge in [-0.2, -0.15) is 0 Å². The molecule has 0 saturated heterocycles. The van der Waals surface area contributed by atoms with E-state index < -0.39 is 48.4 Å². The van der Waals surface area contributed by atoms with Crippen LogP contribution in [0.4, 0.5) is 0 Å². The summed E-state index contributed by atoms with van der Waals surface area (Å²) in [5.74, 6) is -3.13. The molecule has 0 spiro atoms. The Kier molecular flexibility index (Phi) is 10.9. The number of carboxylic acid groups (broad SMARTS) is 1. The van der Waals surface area contributed by atoms with E-state index in [4.69, 9.17) is 5.73 Å². The summed E-state index contributed by atoms with van der Waals surface area (Å²) in [6.45, 7) is 3.22. The Morgan fingerprint density at radius 1 is 0.889 bits per heavy atom. The zero-order valence-corrected chi connectivity index (χ0v) is 20.4. The second-order valence-corrected chi connectivity index (χ2v) is 8.71. The highest BCUT2D eigenvalue weighted by molar-refractivity contribution is 5.92. The van der Waals surface area contributed by atoms with E-state index in [-0.39, 0.29) is 24.5 Å². The molecule has 0 radical (unpaired) electrons. The lowest BCUT2D eigenvalue weighted by Gasteiger charge is -2.25. The van der Waals surface area contributed by atoms with Gasteiger partial charge >= 0.3 is 5.97 Å². The smallest absolute Gasteiger partial charge is 0.326 e. The molecule has 0 aliphatic heterocycles. The molecule has 0 bridgehead atoms. The van der Waals surface area contributed by atoms with Gasteiger partial charge in [-0.05, 0) is 35.6 Å². The highest BCUT2D eigenvalue weighted by atomic mass is 16.4. The molecular weight excluding hydrogens is 464 g/mol. The number of rotatable bonds is 13. The molecule has 2 aromatic rings. The highest BCUT2D eigenvalue weighted by Gasteiger charge is 2.30. The van der Waals surface area contributed by atoms with E-state index in [0.29, 0.717) is 6.42 Å². The molecule has 194 valence electrons. The van der Waals surface area contributed by atoms with Crippen molar-refractivity contribution >= 4 is 23.7 Å². The normalized spacial score (nSPS) is 14.1. The van der Waals surface area contributed by atoms with Crippen LogP contribution in [0.5, 0.6) is 5.75 Å². The number of hydrogen-bond donors (Lipinski definition) is 6. The van der Waals surface area contributed by atoms with Crippen molar-refractivity contribution in [2.45, 2.75) is 51.2 Å². The summed E-state index contributed by atoms with van der Waals surface area (Å²) in [5.41, 5.74) is 7.41. The maximum absolute atomic E-state index is 12.9. The number of amides is 3. The van der Waals surface area contributed by atoms with Crippen LogP contribution in [-0.4, -0.2) is 58.6 Å². The third kappa shape index (κ3) is 9.03. The summed E-state index contributed by atoms with van der Waals surface area (Å²) >= 11 is 0. The number of carbonyl (C=O) groups excluding carboxylic acids is 3. The number of phenolic OH excluding ortho intramolecular Hbond substituents is 1. The highest BCUT2D eigenvalue weighted by Crippen LogP contribution is 2.12. The van der Waals surface area contributed by atoms with Gasteiger partial charge in [-0.25, -0.2) is 4.79 Å². The van der Waals surface area contributed by atoms with Crippen LogP contribution in [0.25, 0.3) is 0 Å². The Balaban J connectivity index is 1.93. The second-order valence-electron chi connectivity index (χ2n) is 8.71. The fourth-order valence-corrected chi connectivity index (χ4v) is 3.51. The molecule has 36 heavy (non-hydrogen) atoms. The molecule has 3 amide bonds. The summed E-state index contributed by atoms with van der Waals surface area (Å²) in [6.07, 6.45) is 0.861. The average Bonchev–Trinajstić information content (AvgIpc) is 2.86. The molecule has 0 heterocycles. The van der Waals surface area contributed by atoms with Crippen molar-refractivity contribution in [2.24, 2.45) is 11.7 Å². The third-order valence-electron chi connectivity index (χ3n) is 5.86. The molecule has 10 heteroatoms. The molecular formula is C26H34N4O6. The molecule has 7 N–H and O–H groups in total. The van der Waals surface area contributed by atoms with Crippen molar-refractivity contribution in [1.29, 1.82) is 0 Å². The largest absolute Gasteiger partial charge is 0.508 e. The lowest BCUT2D eigenvalue weighted by molar-refractivity contribution is -0.142. The molecule has 2 rings (SSSR count). The predicted molar refractivity (Wildman–Crippen MR) is 134 cm³/mol. The maximum Gasteiger partial charge on any atom is 0.326 e. The fourth-order valence-electron chi connectivity index (χ4n) is 3.51. The van der Waals surface area contributed by atoms with Crippen molar-refractivity contribution in [3.8, 4) is 5.75 Å². The van der Waals surface area contributed by atoms with Crippen LogP contribution >= 0.6 is 0 Å². The first-order valence-electron chi connectivity index (χ1n) is 11.8. The lowest BCUT2D eigenvalue weighted by Crippen LogP contribution is -2.56. The molecule has 0 aromatic heterocycles. The molecule has 10 nitrogen and oxygen atoms in total. The maximum atomic E-state index is 12.9. The minimum atomic E-state index is -1.18.